The van der Waals surface area contributed by atoms with E-state index in [2.05, 4.69) is 51.4 Å². The van der Waals surface area contributed by atoms with Crippen LogP contribution in [-0.4, -0.2) is 11.8 Å². The molecule has 0 heterocycles. The second kappa shape index (κ2) is 14.6. The first-order chi connectivity index (χ1) is 15.4. The zero-order valence-electron chi connectivity index (χ0n) is 21.3. The molecule has 2 nitrogen and oxygen atoms in total. The normalized spacial score (nSPS) is 24.8. The van der Waals surface area contributed by atoms with Crippen LogP contribution < -0.4 is 5.32 Å². The number of nitrogens with one attached hydrogen (secondary N) is 2. The van der Waals surface area contributed by atoms with Crippen molar-refractivity contribution in [2.24, 2.45) is 23.7 Å². The summed E-state index contributed by atoms with van der Waals surface area (Å²) in [6, 6.07) is 0.559. The van der Waals surface area contributed by atoms with Gasteiger partial charge in [0.1, 0.15) is 0 Å². The molecular weight excluding hydrogens is 388 g/mol. The van der Waals surface area contributed by atoms with Crippen molar-refractivity contribution in [3.05, 3.63) is 48.7 Å². The Bertz CT molecular complexity index is 650. The van der Waals surface area contributed by atoms with Gasteiger partial charge in [-0.2, -0.15) is 0 Å². The van der Waals surface area contributed by atoms with E-state index in [0.717, 1.165) is 18.1 Å². The Morgan fingerprint density at radius 3 is 2.38 bits per heavy atom. The standard InChI is InChI=1S/C30H50N2/c1-6-8-10-14-24(4)32-28-18-13-17-27(21-28)22-30(25(5)31)29(23(3)7-2)20-19-26-15-11-9-12-16-26/h6,8,10,14,26-32H,1,3,7,9,11-13,15-22H2,2,4-5H3/b10-8-,24-14+,31-25?. The Labute approximate surface area is 199 Å². The van der Waals surface area contributed by atoms with Crippen molar-refractivity contribution < 1.29 is 0 Å². The quantitative estimate of drug-likeness (QED) is 0.168. The van der Waals surface area contributed by atoms with Gasteiger partial charge in [-0.3, -0.25) is 0 Å². The first kappa shape index (κ1) is 26.7. The molecule has 2 aliphatic rings. The monoisotopic (exact) mass is 438 g/mol. The molecule has 0 amide bonds. The van der Waals surface area contributed by atoms with Crippen LogP contribution in [0, 0.1) is 29.1 Å². The summed E-state index contributed by atoms with van der Waals surface area (Å²) in [7, 11) is 0. The Morgan fingerprint density at radius 1 is 1.00 bits per heavy atom. The average Bonchev–Trinajstić information content (AvgIpc) is 2.79. The third kappa shape index (κ3) is 9.12. The number of hydrogen-bond donors (Lipinski definition) is 2. The second-order valence-electron chi connectivity index (χ2n) is 10.6. The first-order valence-electron chi connectivity index (χ1n) is 13.4. The van der Waals surface area contributed by atoms with Gasteiger partial charge in [0, 0.05) is 23.4 Å². The van der Waals surface area contributed by atoms with E-state index < -0.39 is 0 Å². The molecule has 0 aromatic rings. The van der Waals surface area contributed by atoms with Crippen LogP contribution in [0.3, 0.4) is 0 Å². The fourth-order valence-corrected chi connectivity index (χ4v) is 6.13. The average molecular weight is 439 g/mol. The highest BCUT2D eigenvalue weighted by Gasteiger charge is 2.31. The molecule has 0 bridgehead atoms. The molecule has 0 aromatic carbocycles. The van der Waals surface area contributed by atoms with Gasteiger partial charge in [-0.05, 0) is 76.2 Å². The highest BCUT2D eigenvalue weighted by atomic mass is 14.9. The molecule has 2 heteroatoms. The molecule has 2 rings (SSSR count). The van der Waals surface area contributed by atoms with Gasteiger partial charge in [0.15, 0.2) is 0 Å². The van der Waals surface area contributed by atoms with Gasteiger partial charge in [-0.15, -0.1) is 0 Å². The predicted octanol–water partition coefficient (Wildman–Crippen LogP) is 8.77. The summed E-state index contributed by atoms with van der Waals surface area (Å²) in [5, 5.41) is 12.4. The lowest BCUT2D eigenvalue weighted by Gasteiger charge is -2.36. The van der Waals surface area contributed by atoms with Gasteiger partial charge in [-0.1, -0.05) is 88.8 Å². The second-order valence-corrected chi connectivity index (χ2v) is 10.6. The third-order valence-corrected chi connectivity index (χ3v) is 8.03. The van der Waals surface area contributed by atoms with Crippen LogP contribution in [0.15, 0.2) is 48.7 Å². The van der Waals surface area contributed by atoms with Crippen molar-refractivity contribution in [2.45, 2.75) is 110 Å². The Hall–Kier alpha value is -1.57. The van der Waals surface area contributed by atoms with Crippen LogP contribution in [-0.2, 0) is 0 Å². The Morgan fingerprint density at radius 2 is 1.72 bits per heavy atom. The molecule has 0 aromatic heterocycles. The predicted molar refractivity (Wildman–Crippen MR) is 142 cm³/mol. The zero-order valence-corrected chi connectivity index (χ0v) is 21.3. The van der Waals surface area contributed by atoms with E-state index in [0.29, 0.717) is 23.8 Å². The summed E-state index contributed by atoms with van der Waals surface area (Å²) in [5.74, 6) is 2.50. The Kier molecular flexibility index (Phi) is 12.1. The number of allylic oxidation sites excluding steroid dienone is 6. The van der Waals surface area contributed by atoms with Crippen LogP contribution in [0.1, 0.15) is 104 Å². The maximum Gasteiger partial charge on any atom is 0.0260 e. The molecule has 2 N–H and O–H groups in total. The van der Waals surface area contributed by atoms with Gasteiger partial charge in [-0.25, -0.2) is 0 Å². The summed E-state index contributed by atoms with van der Waals surface area (Å²) in [4.78, 5) is 0. The maximum atomic E-state index is 8.67. The van der Waals surface area contributed by atoms with Gasteiger partial charge in [0.2, 0.25) is 0 Å². The smallest absolute Gasteiger partial charge is 0.0260 e. The number of rotatable bonds is 13. The molecular formula is C30H50N2. The summed E-state index contributed by atoms with van der Waals surface area (Å²) in [6.45, 7) is 14.7. The highest BCUT2D eigenvalue weighted by Crippen LogP contribution is 2.39. The summed E-state index contributed by atoms with van der Waals surface area (Å²) in [5.41, 5.74) is 3.50. The zero-order chi connectivity index (χ0) is 23.3. The largest absolute Gasteiger partial charge is 0.386 e. The SMILES string of the molecule is C=C/C=C\C=C(/C)NC1CCCC(CC(C(C)=N)C(CCC2CCCCC2)C(=C)CC)C1. The van der Waals surface area contributed by atoms with Crippen LogP contribution in [0.4, 0.5) is 0 Å². The fraction of sp³-hybridized carbons (Fsp3) is 0.700. The summed E-state index contributed by atoms with van der Waals surface area (Å²) in [6.07, 6.45) is 25.0. The summed E-state index contributed by atoms with van der Waals surface area (Å²) >= 11 is 0. The van der Waals surface area contributed by atoms with Gasteiger partial charge in [0.25, 0.3) is 0 Å². The molecule has 0 radical (unpaired) electrons. The topological polar surface area (TPSA) is 35.9 Å². The van der Waals surface area contributed by atoms with Crippen molar-refractivity contribution in [3.8, 4) is 0 Å². The van der Waals surface area contributed by atoms with Crippen molar-refractivity contribution in [1.29, 1.82) is 5.41 Å². The lowest BCUT2D eigenvalue weighted by atomic mass is 9.71. The molecule has 4 unspecified atom stereocenters. The molecule has 0 aliphatic heterocycles. The van der Waals surface area contributed by atoms with Crippen molar-refractivity contribution >= 4 is 5.71 Å². The minimum Gasteiger partial charge on any atom is -0.386 e. The van der Waals surface area contributed by atoms with Crippen LogP contribution in [0.5, 0.6) is 0 Å². The highest BCUT2D eigenvalue weighted by molar-refractivity contribution is 5.81. The van der Waals surface area contributed by atoms with E-state index in [9.17, 15) is 0 Å². The Balaban J connectivity index is 1.99. The van der Waals surface area contributed by atoms with Crippen molar-refractivity contribution in [1.82, 2.24) is 5.32 Å². The third-order valence-electron chi connectivity index (χ3n) is 8.03. The van der Waals surface area contributed by atoms with E-state index in [1.165, 1.54) is 88.3 Å². The van der Waals surface area contributed by atoms with E-state index in [-0.39, 0.29) is 0 Å². The van der Waals surface area contributed by atoms with Crippen LogP contribution in [0.25, 0.3) is 0 Å². The molecule has 32 heavy (non-hydrogen) atoms. The first-order valence-corrected chi connectivity index (χ1v) is 13.4. The molecule has 0 saturated heterocycles. The van der Waals surface area contributed by atoms with E-state index >= 15 is 0 Å². The van der Waals surface area contributed by atoms with Gasteiger partial charge < -0.3 is 10.7 Å². The molecule has 2 aliphatic carbocycles. The van der Waals surface area contributed by atoms with Crippen LogP contribution in [0.2, 0.25) is 0 Å². The van der Waals surface area contributed by atoms with Crippen molar-refractivity contribution in [2.75, 3.05) is 0 Å². The lowest BCUT2D eigenvalue weighted by Crippen LogP contribution is -2.35. The molecule has 2 saturated carbocycles. The molecule has 2 fully saturated rings. The minimum atomic E-state index is 0.377. The van der Waals surface area contributed by atoms with E-state index in [4.69, 9.17) is 5.41 Å². The lowest BCUT2D eigenvalue weighted by molar-refractivity contribution is 0.237. The van der Waals surface area contributed by atoms with Gasteiger partial charge >= 0.3 is 0 Å². The number of hydrogen-bond acceptors (Lipinski definition) is 2. The van der Waals surface area contributed by atoms with E-state index in [1.807, 2.05) is 12.2 Å². The molecule has 0 spiro atoms. The van der Waals surface area contributed by atoms with Crippen LogP contribution >= 0.6 is 0 Å². The molecule has 4 atom stereocenters. The van der Waals surface area contributed by atoms with Crippen molar-refractivity contribution in [3.63, 3.8) is 0 Å². The van der Waals surface area contributed by atoms with Gasteiger partial charge in [0.05, 0.1) is 0 Å². The maximum absolute atomic E-state index is 8.67. The fourth-order valence-electron chi connectivity index (χ4n) is 6.13. The van der Waals surface area contributed by atoms with E-state index in [1.54, 1.807) is 0 Å². The molecule has 180 valence electrons. The minimum absolute atomic E-state index is 0.377. The summed E-state index contributed by atoms with van der Waals surface area (Å²) < 4.78 is 0.